The Morgan fingerprint density at radius 3 is 2.81 bits per heavy atom. The standard InChI is InChI=1S/C14H9BrFN3O2/c15-9-6-7(4-5-10(9)16)13-18-14(21-19-13)8-2-1-3-11(17)12(8)20/h1-6,20H,17H2. The van der Waals surface area contributed by atoms with Crippen molar-refractivity contribution in [1.29, 1.82) is 0 Å². The second-order valence-electron chi connectivity index (χ2n) is 4.30. The maximum Gasteiger partial charge on any atom is 0.262 e. The lowest BCUT2D eigenvalue weighted by atomic mass is 10.1. The first-order chi connectivity index (χ1) is 10.1. The highest BCUT2D eigenvalue weighted by atomic mass is 79.9. The number of hydrogen-bond acceptors (Lipinski definition) is 5. The summed E-state index contributed by atoms with van der Waals surface area (Å²) in [5, 5.41) is 13.7. The van der Waals surface area contributed by atoms with Gasteiger partial charge < -0.3 is 15.4 Å². The van der Waals surface area contributed by atoms with E-state index in [1.54, 1.807) is 24.3 Å². The summed E-state index contributed by atoms with van der Waals surface area (Å²) in [5.74, 6) is -0.0771. The molecule has 21 heavy (non-hydrogen) atoms. The first-order valence-electron chi connectivity index (χ1n) is 5.93. The monoisotopic (exact) mass is 349 g/mol. The molecule has 1 heterocycles. The smallest absolute Gasteiger partial charge is 0.262 e. The zero-order chi connectivity index (χ0) is 15.0. The van der Waals surface area contributed by atoms with Gasteiger partial charge in [0.05, 0.1) is 15.7 Å². The number of phenols is 1. The lowest BCUT2D eigenvalue weighted by molar-refractivity contribution is 0.426. The first kappa shape index (κ1) is 13.6. The quantitative estimate of drug-likeness (QED) is 0.545. The Morgan fingerprint density at radius 1 is 1.24 bits per heavy atom. The molecule has 2 aromatic carbocycles. The molecule has 0 aliphatic rings. The number of nitrogen functional groups attached to an aromatic ring is 1. The van der Waals surface area contributed by atoms with Crippen molar-refractivity contribution < 1.29 is 14.0 Å². The van der Waals surface area contributed by atoms with Gasteiger partial charge in [-0.15, -0.1) is 0 Å². The number of nitrogens with zero attached hydrogens (tertiary/aromatic N) is 2. The van der Waals surface area contributed by atoms with Gasteiger partial charge in [-0.2, -0.15) is 4.98 Å². The highest BCUT2D eigenvalue weighted by molar-refractivity contribution is 9.10. The van der Waals surface area contributed by atoms with Crippen LogP contribution in [0, 0.1) is 5.82 Å². The van der Waals surface area contributed by atoms with Crippen LogP contribution in [0.15, 0.2) is 45.4 Å². The molecule has 0 unspecified atom stereocenters. The minimum absolute atomic E-state index is 0.118. The van der Waals surface area contributed by atoms with Crippen molar-refractivity contribution in [2.45, 2.75) is 0 Å². The van der Waals surface area contributed by atoms with Gasteiger partial charge in [-0.05, 0) is 46.3 Å². The molecule has 0 aliphatic heterocycles. The molecule has 3 rings (SSSR count). The van der Waals surface area contributed by atoms with Crippen molar-refractivity contribution in [3.8, 4) is 28.6 Å². The van der Waals surface area contributed by atoms with Gasteiger partial charge >= 0.3 is 0 Å². The van der Waals surface area contributed by atoms with E-state index in [4.69, 9.17) is 10.3 Å². The van der Waals surface area contributed by atoms with Gasteiger partial charge in [0, 0.05) is 5.56 Å². The number of para-hydroxylation sites is 1. The van der Waals surface area contributed by atoms with Crippen LogP contribution in [0.25, 0.3) is 22.8 Å². The zero-order valence-electron chi connectivity index (χ0n) is 10.5. The third kappa shape index (κ3) is 2.47. The molecule has 0 aliphatic carbocycles. The summed E-state index contributed by atoms with van der Waals surface area (Å²) >= 11 is 3.10. The van der Waals surface area contributed by atoms with E-state index in [2.05, 4.69) is 26.1 Å². The lowest BCUT2D eigenvalue weighted by Crippen LogP contribution is -1.88. The predicted molar refractivity (Wildman–Crippen MR) is 78.9 cm³/mol. The summed E-state index contributed by atoms with van der Waals surface area (Å²) in [6, 6.07) is 9.23. The largest absolute Gasteiger partial charge is 0.505 e. The topological polar surface area (TPSA) is 85.2 Å². The molecule has 0 atom stereocenters. The first-order valence-corrected chi connectivity index (χ1v) is 6.72. The minimum Gasteiger partial charge on any atom is -0.505 e. The van der Waals surface area contributed by atoms with E-state index in [9.17, 15) is 9.50 Å². The number of halogens is 2. The number of nitrogens with two attached hydrogens (primary N) is 1. The van der Waals surface area contributed by atoms with Crippen molar-refractivity contribution in [2.24, 2.45) is 0 Å². The summed E-state index contributed by atoms with van der Waals surface area (Å²) in [6.45, 7) is 0. The van der Waals surface area contributed by atoms with Crippen molar-refractivity contribution >= 4 is 21.6 Å². The molecule has 3 aromatic rings. The van der Waals surface area contributed by atoms with E-state index < -0.39 is 0 Å². The van der Waals surface area contributed by atoms with Crippen molar-refractivity contribution in [2.75, 3.05) is 5.73 Å². The van der Waals surface area contributed by atoms with Crippen LogP contribution in [0.3, 0.4) is 0 Å². The average molecular weight is 350 g/mol. The molecule has 0 amide bonds. The van der Waals surface area contributed by atoms with E-state index in [1.165, 1.54) is 12.1 Å². The Kier molecular flexibility index (Phi) is 3.34. The van der Waals surface area contributed by atoms with Crippen LogP contribution in [0.5, 0.6) is 5.75 Å². The van der Waals surface area contributed by atoms with Crippen LogP contribution < -0.4 is 5.73 Å². The average Bonchev–Trinajstić information content (AvgIpc) is 2.94. The second-order valence-corrected chi connectivity index (χ2v) is 5.15. The summed E-state index contributed by atoms with van der Waals surface area (Å²) in [6.07, 6.45) is 0. The predicted octanol–water partition coefficient (Wildman–Crippen LogP) is 3.59. The number of aromatic nitrogens is 2. The van der Waals surface area contributed by atoms with Gasteiger partial charge in [0.1, 0.15) is 5.82 Å². The van der Waals surface area contributed by atoms with E-state index in [-0.39, 0.29) is 29.0 Å². The molecule has 106 valence electrons. The highest BCUT2D eigenvalue weighted by Gasteiger charge is 2.15. The van der Waals surface area contributed by atoms with Gasteiger partial charge in [0.2, 0.25) is 5.82 Å². The molecule has 0 bridgehead atoms. The lowest BCUT2D eigenvalue weighted by Gasteiger charge is -2.01. The van der Waals surface area contributed by atoms with Gasteiger partial charge in [-0.3, -0.25) is 0 Å². The van der Waals surface area contributed by atoms with Gasteiger partial charge in [0.25, 0.3) is 5.89 Å². The van der Waals surface area contributed by atoms with Crippen LogP contribution in [-0.4, -0.2) is 15.2 Å². The third-order valence-corrected chi connectivity index (χ3v) is 3.51. The Balaban J connectivity index is 2.03. The number of phenolic OH excluding ortho intramolecular Hbond substituents is 1. The summed E-state index contributed by atoms with van der Waals surface area (Å²) < 4.78 is 18.7. The van der Waals surface area contributed by atoms with Gasteiger partial charge in [-0.1, -0.05) is 11.2 Å². The Labute approximate surface area is 127 Å². The molecular formula is C14H9BrFN3O2. The third-order valence-electron chi connectivity index (χ3n) is 2.90. The number of rotatable bonds is 2. The zero-order valence-corrected chi connectivity index (χ0v) is 12.1. The maximum absolute atomic E-state index is 13.2. The van der Waals surface area contributed by atoms with E-state index in [0.717, 1.165) is 0 Å². The van der Waals surface area contributed by atoms with Gasteiger partial charge in [-0.25, -0.2) is 4.39 Å². The molecular weight excluding hydrogens is 341 g/mol. The number of aromatic hydroxyl groups is 1. The summed E-state index contributed by atoms with van der Waals surface area (Å²) in [4.78, 5) is 4.19. The van der Waals surface area contributed by atoms with Gasteiger partial charge in [0.15, 0.2) is 5.75 Å². The second kappa shape index (κ2) is 5.17. The molecule has 0 saturated heterocycles. The normalized spacial score (nSPS) is 10.8. The van der Waals surface area contributed by atoms with Crippen molar-refractivity contribution in [3.05, 3.63) is 46.7 Å². The van der Waals surface area contributed by atoms with Crippen LogP contribution in [0.1, 0.15) is 0 Å². The molecule has 0 saturated carbocycles. The molecule has 0 spiro atoms. The minimum atomic E-state index is -0.379. The van der Waals surface area contributed by atoms with E-state index in [1.807, 2.05) is 0 Å². The SMILES string of the molecule is Nc1cccc(-c2nc(-c3ccc(F)c(Br)c3)no2)c1O. The Hall–Kier alpha value is -2.41. The van der Waals surface area contributed by atoms with Crippen molar-refractivity contribution in [3.63, 3.8) is 0 Å². The molecule has 7 heteroatoms. The summed E-state index contributed by atoms with van der Waals surface area (Å²) in [5.41, 5.74) is 6.77. The molecule has 0 radical (unpaired) electrons. The fourth-order valence-electron chi connectivity index (χ4n) is 1.82. The Bertz CT molecular complexity index is 820. The molecule has 1 aromatic heterocycles. The Morgan fingerprint density at radius 2 is 2.05 bits per heavy atom. The molecule has 3 N–H and O–H groups in total. The molecule has 5 nitrogen and oxygen atoms in total. The fraction of sp³-hybridized carbons (Fsp3) is 0. The number of anilines is 1. The van der Waals surface area contributed by atoms with Crippen molar-refractivity contribution in [1.82, 2.24) is 10.1 Å². The fourth-order valence-corrected chi connectivity index (χ4v) is 2.20. The van der Waals surface area contributed by atoms with Crippen LogP contribution in [-0.2, 0) is 0 Å². The van der Waals surface area contributed by atoms with E-state index in [0.29, 0.717) is 15.6 Å². The molecule has 0 fully saturated rings. The van der Waals surface area contributed by atoms with Crippen LogP contribution in [0.4, 0.5) is 10.1 Å². The number of hydrogen-bond donors (Lipinski definition) is 2. The highest BCUT2D eigenvalue weighted by Crippen LogP contribution is 2.33. The van der Waals surface area contributed by atoms with E-state index >= 15 is 0 Å². The summed E-state index contributed by atoms with van der Waals surface area (Å²) in [7, 11) is 0. The number of benzene rings is 2. The van der Waals surface area contributed by atoms with Crippen LogP contribution >= 0.6 is 15.9 Å². The maximum atomic E-state index is 13.2. The van der Waals surface area contributed by atoms with Crippen LogP contribution in [0.2, 0.25) is 0 Å².